The van der Waals surface area contributed by atoms with E-state index in [9.17, 15) is 14.3 Å². The van der Waals surface area contributed by atoms with Crippen molar-refractivity contribution in [2.75, 3.05) is 13.1 Å². The number of amides is 1. The molecule has 0 spiro atoms. The Bertz CT molecular complexity index is 496. The molecule has 19 heavy (non-hydrogen) atoms. The number of carbonyl (C=O) groups excluding carboxylic acids is 1. The third-order valence-corrected chi connectivity index (χ3v) is 3.17. The molecule has 0 saturated carbocycles. The predicted molar refractivity (Wildman–Crippen MR) is 65.7 cm³/mol. The van der Waals surface area contributed by atoms with Crippen LogP contribution in [-0.2, 0) is 11.3 Å². The highest BCUT2D eigenvalue weighted by Crippen LogP contribution is 2.25. The molecule has 1 aromatic rings. The summed E-state index contributed by atoms with van der Waals surface area (Å²) in [5, 5.41) is 17.8. The van der Waals surface area contributed by atoms with E-state index in [4.69, 9.17) is 0 Å². The maximum absolute atomic E-state index is 13.6. The fourth-order valence-electron chi connectivity index (χ4n) is 2.13. The Hall–Kier alpha value is -1.76. The Labute approximate surface area is 110 Å². The third kappa shape index (κ3) is 2.98. The van der Waals surface area contributed by atoms with Gasteiger partial charge in [-0.1, -0.05) is 5.21 Å². The molecule has 1 aliphatic rings. The van der Waals surface area contributed by atoms with Gasteiger partial charge >= 0.3 is 0 Å². The number of hydrogen-bond donors (Lipinski definition) is 1. The fourth-order valence-corrected chi connectivity index (χ4v) is 2.13. The fraction of sp³-hybridized carbons (Fsp3) is 0.583. The van der Waals surface area contributed by atoms with Crippen LogP contribution in [0.15, 0.2) is 23.8 Å². The number of halogens is 1. The van der Waals surface area contributed by atoms with E-state index < -0.39 is 17.3 Å². The summed E-state index contributed by atoms with van der Waals surface area (Å²) in [7, 11) is 0. The zero-order chi connectivity index (χ0) is 14.0. The Morgan fingerprint density at radius 1 is 1.53 bits per heavy atom. The highest BCUT2D eigenvalue weighted by atomic mass is 19.1. The molecule has 2 heterocycles. The van der Waals surface area contributed by atoms with Crippen LogP contribution in [0.1, 0.15) is 20.3 Å². The van der Waals surface area contributed by atoms with Crippen LogP contribution in [0.5, 0.6) is 0 Å². The van der Waals surface area contributed by atoms with E-state index in [1.807, 2.05) is 0 Å². The van der Waals surface area contributed by atoms with Gasteiger partial charge in [-0.25, -0.2) is 9.07 Å². The van der Waals surface area contributed by atoms with Gasteiger partial charge in [0.1, 0.15) is 5.60 Å². The van der Waals surface area contributed by atoms with Crippen LogP contribution in [0.2, 0.25) is 0 Å². The number of aromatic nitrogens is 3. The second-order valence-corrected chi connectivity index (χ2v) is 5.12. The van der Waals surface area contributed by atoms with Crippen molar-refractivity contribution in [2.45, 2.75) is 32.4 Å². The summed E-state index contributed by atoms with van der Waals surface area (Å²) in [4.78, 5) is 13.2. The number of nitrogens with zero attached hydrogens (tertiary/aromatic N) is 4. The van der Waals surface area contributed by atoms with Crippen LogP contribution in [-0.4, -0.2) is 49.6 Å². The maximum Gasteiger partial charge on any atom is 0.282 e. The zero-order valence-electron chi connectivity index (χ0n) is 11.0. The highest BCUT2D eigenvalue weighted by molar-refractivity contribution is 5.92. The summed E-state index contributed by atoms with van der Waals surface area (Å²) in [5.41, 5.74) is -0.734. The maximum atomic E-state index is 13.6. The van der Waals surface area contributed by atoms with E-state index in [0.29, 0.717) is 18.5 Å². The average Bonchev–Trinajstić information content (AvgIpc) is 2.97. The molecule has 1 unspecified atom stereocenters. The summed E-state index contributed by atoms with van der Waals surface area (Å²) in [6, 6.07) is 0. The molecule has 0 radical (unpaired) electrons. The van der Waals surface area contributed by atoms with Crippen LogP contribution in [0.25, 0.3) is 0 Å². The molecular formula is C12H17FN4O2. The molecule has 104 valence electrons. The predicted octanol–water partition coefficient (Wildman–Crippen LogP) is 0.505. The Morgan fingerprint density at radius 2 is 2.26 bits per heavy atom. The molecule has 6 nitrogen and oxygen atoms in total. The molecule has 1 aromatic heterocycles. The Kier molecular flexibility index (Phi) is 3.66. The molecule has 1 aliphatic heterocycles. The van der Waals surface area contributed by atoms with Gasteiger partial charge in [-0.3, -0.25) is 4.79 Å². The van der Waals surface area contributed by atoms with Gasteiger partial charge in [-0.05, 0) is 25.8 Å². The molecule has 1 atom stereocenters. The van der Waals surface area contributed by atoms with Crippen molar-refractivity contribution >= 4 is 5.91 Å². The molecule has 7 heteroatoms. The Balaban J connectivity index is 2.03. The number of aliphatic hydroxyl groups is 1. The van der Waals surface area contributed by atoms with E-state index in [1.54, 1.807) is 20.0 Å². The monoisotopic (exact) mass is 268 g/mol. The number of likely N-dealkylation sites (tertiary alicyclic amines) is 1. The van der Waals surface area contributed by atoms with Gasteiger partial charge in [-0.2, -0.15) is 0 Å². The molecule has 1 N–H and O–H groups in total. The number of carbonyl (C=O) groups is 1. The second kappa shape index (κ2) is 5.08. The molecular weight excluding hydrogens is 251 g/mol. The van der Waals surface area contributed by atoms with Gasteiger partial charge < -0.3 is 10.0 Å². The SMILES string of the molecule is CC(C)=C(F)C(=O)N1CCC(O)(Cn2ccnn2)C1. The van der Waals surface area contributed by atoms with Crippen molar-refractivity contribution in [1.82, 2.24) is 19.9 Å². The lowest BCUT2D eigenvalue weighted by Crippen LogP contribution is -2.39. The van der Waals surface area contributed by atoms with Gasteiger partial charge in [-0.15, -0.1) is 5.10 Å². The smallest absolute Gasteiger partial charge is 0.282 e. The summed E-state index contributed by atoms with van der Waals surface area (Å²) < 4.78 is 15.1. The highest BCUT2D eigenvalue weighted by Gasteiger charge is 2.39. The first-order chi connectivity index (χ1) is 8.91. The molecule has 1 amide bonds. The van der Waals surface area contributed by atoms with Crippen molar-refractivity contribution in [2.24, 2.45) is 0 Å². The molecule has 0 aromatic carbocycles. The second-order valence-electron chi connectivity index (χ2n) is 5.12. The summed E-state index contributed by atoms with van der Waals surface area (Å²) in [5.74, 6) is -1.40. The van der Waals surface area contributed by atoms with E-state index in [1.165, 1.54) is 15.8 Å². The van der Waals surface area contributed by atoms with Crippen molar-refractivity contribution in [3.8, 4) is 0 Å². The topological polar surface area (TPSA) is 71.2 Å². The summed E-state index contributed by atoms with van der Waals surface area (Å²) >= 11 is 0. The molecule has 1 saturated heterocycles. The molecule has 1 fully saturated rings. The first-order valence-electron chi connectivity index (χ1n) is 6.10. The lowest BCUT2D eigenvalue weighted by Gasteiger charge is -2.22. The number of allylic oxidation sites excluding steroid dienone is 1. The van der Waals surface area contributed by atoms with Crippen LogP contribution >= 0.6 is 0 Å². The van der Waals surface area contributed by atoms with E-state index in [0.717, 1.165) is 0 Å². The lowest BCUT2D eigenvalue weighted by molar-refractivity contribution is -0.128. The van der Waals surface area contributed by atoms with Crippen LogP contribution in [0, 0.1) is 0 Å². The normalized spacial score (nSPS) is 22.6. The number of hydrogen-bond acceptors (Lipinski definition) is 4. The Morgan fingerprint density at radius 3 is 2.84 bits per heavy atom. The zero-order valence-corrected chi connectivity index (χ0v) is 11.0. The van der Waals surface area contributed by atoms with E-state index in [2.05, 4.69) is 10.3 Å². The molecule has 2 rings (SSSR count). The summed E-state index contributed by atoms with van der Waals surface area (Å²) in [6.07, 6.45) is 3.55. The number of β-amino-alcohol motifs (C(OH)–C–C–N with tert-alkyl or cyclic N) is 1. The van der Waals surface area contributed by atoms with Crippen molar-refractivity contribution in [3.05, 3.63) is 23.8 Å². The van der Waals surface area contributed by atoms with Gasteiger partial charge in [0.25, 0.3) is 5.91 Å². The minimum Gasteiger partial charge on any atom is -0.386 e. The first kappa shape index (κ1) is 13.7. The summed E-state index contributed by atoms with van der Waals surface area (Å²) in [6.45, 7) is 3.78. The van der Waals surface area contributed by atoms with Crippen LogP contribution in [0.3, 0.4) is 0 Å². The molecule has 0 aliphatic carbocycles. The van der Waals surface area contributed by atoms with E-state index >= 15 is 0 Å². The van der Waals surface area contributed by atoms with Crippen molar-refractivity contribution in [1.29, 1.82) is 0 Å². The average molecular weight is 268 g/mol. The molecule has 0 bridgehead atoms. The standard InChI is InChI=1S/C12H17FN4O2/c1-9(2)10(13)11(18)16-5-3-12(19,7-16)8-17-6-4-14-15-17/h4,6,19H,3,5,7-8H2,1-2H3. The van der Waals surface area contributed by atoms with Gasteiger partial charge in [0.05, 0.1) is 19.3 Å². The van der Waals surface area contributed by atoms with Gasteiger partial charge in [0.15, 0.2) is 5.83 Å². The largest absolute Gasteiger partial charge is 0.386 e. The van der Waals surface area contributed by atoms with Crippen molar-refractivity contribution < 1.29 is 14.3 Å². The minimum atomic E-state index is -1.08. The van der Waals surface area contributed by atoms with Gasteiger partial charge in [0.2, 0.25) is 0 Å². The quantitative estimate of drug-likeness (QED) is 0.811. The van der Waals surface area contributed by atoms with Crippen LogP contribution in [0.4, 0.5) is 4.39 Å². The lowest BCUT2D eigenvalue weighted by atomic mass is 10.0. The third-order valence-electron chi connectivity index (χ3n) is 3.17. The van der Waals surface area contributed by atoms with Crippen molar-refractivity contribution in [3.63, 3.8) is 0 Å². The van der Waals surface area contributed by atoms with Crippen LogP contribution < -0.4 is 0 Å². The minimum absolute atomic E-state index is 0.104. The number of rotatable bonds is 3. The first-order valence-corrected chi connectivity index (χ1v) is 6.10. The van der Waals surface area contributed by atoms with E-state index in [-0.39, 0.29) is 13.1 Å². The van der Waals surface area contributed by atoms with Gasteiger partial charge in [0, 0.05) is 12.7 Å².